The quantitative estimate of drug-likeness (QED) is 0.775. The Morgan fingerprint density at radius 1 is 1.00 bits per heavy atom. The summed E-state index contributed by atoms with van der Waals surface area (Å²) in [7, 11) is -1.73. The Morgan fingerprint density at radius 2 is 1.54 bits per heavy atom. The highest BCUT2D eigenvalue weighted by atomic mass is 35.5. The Hall–Kier alpha value is -2.38. The first-order valence-corrected chi connectivity index (χ1v) is 10.9. The number of likely N-dealkylation sites (N-methyl/N-ethyl adjacent to an activating group) is 1. The van der Waals surface area contributed by atoms with Crippen molar-refractivity contribution in [3.8, 4) is 0 Å². The summed E-state index contributed by atoms with van der Waals surface area (Å²) < 4.78 is 23.2. The van der Waals surface area contributed by atoms with Gasteiger partial charge in [0, 0.05) is 29.6 Å². The lowest BCUT2D eigenvalue weighted by Gasteiger charge is -2.27. The van der Waals surface area contributed by atoms with Gasteiger partial charge in [-0.3, -0.25) is 9.59 Å². The molecular formula is C20H23ClN2O4S. The van der Waals surface area contributed by atoms with Gasteiger partial charge in [-0.15, -0.1) is 0 Å². The van der Waals surface area contributed by atoms with Crippen molar-refractivity contribution in [1.82, 2.24) is 5.32 Å². The molecule has 0 spiro atoms. The molecule has 0 bridgehead atoms. The predicted molar refractivity (Wildman–Crippen MR) is 111 cm³/mol. The predicted octanol–water partition coefficient (Wildman–Crippen LogP) is 3.16. The molecule has 2 aromatic rings. The first kappa shape index (κ1) is 21.9. The third-order valence-electron chi connectivity index (χ3n) is 4.31. The molecule has 0 saturated heterocycles. The van der Waals surface area contributed by atoms with E-state index in [0.29, 0.717) is 16.3 Å². The van der Waals surface area contributed by atoms with Gasteiger partial charge in [0.1, 0.15) is 6.04 Å². The highest BCUT2D eigenvalue weighted by Crippen LogP contribution is 2.19. The molecule has 1 unspecified atom stereocenters. The number of hydrogen-bond donors (Lipinski definition) is 1. The zero-order valence-corrected chi connectivity index (χ0v) is 17.7. The maximum Gasteiger partial charge on any atom is 0.251 e. The Bertz CT molecular complexity index is 955. The van der Waals surface area contributed by atoms with Gasteiger partial charge in [-0.2, -0.15) is 0 Å². The van der Waals surface area contributed by atoms with Crippen LogP contribution < -0.4 is 10.2 Å². The van der Waals surface area contributed by atoms with Crippen LogP contribution in [0.5, 0.6) is 0 Å². The average molecular weight is 423 g/mol. The number of carbonyl (C=O) groups excluding carboxylic acids is 2. The number of rotatable bonds is 6. The van der Waals surface area contributed by atoms with Crippen molar-refractivity contribution >= 4 is 38.9 Å². The number of sulfone groups is 1. The van der Waals surface area contributed by atoms with Crippen molar-refractivity contribution in [2.24, 2.45) is 5.92 Å². The van der Waals surface area contributed by atoms with E-state index in [1.54, 1.807) is 43.4 Å². The molecule has 0 radical (unpaired) electrons. The van der Waals surface area contributed by atoms with E-state index in [4.69, 9.17) is 11.6 Å². The van der Waals surface area contributed by atoms with Crippen LogP contribution in [-0.4, -0.2) is 39.6 Å². The number of nitrogens with one attached hydrogen (secondary N) is 1. The first-order valence-electron chi connectivity index (χ1n) is 8.65. The largest absolute Gasteiger partial charge is 0.340 e. The van der Waals surface area contributed by atoms with Gasteiger partial charge in [0.25, 0.3) is 5.91 Å². The van der Waals surface area contributed by atoms with Crippen LogP contribution in [0.2, 0.25) is 5.02 Å². The van der Waals surface area contributed by atoms with Gasteiger partial charge in [-0.1, -0.05) is 25.4 Å². The molecule has 28 heavy (non-hydrogen) atoms. The summed E-state index contributed by atoms with van der Waals surface area (Å²) in [5.41, 5.74) is 0.937. The monoisotopic (exact) mass is 422 g/mol. The van der Waals surface area contributed by atoms with E-state index in [1.807, 2.05) is 13.8 Å². The smallest absolute Gasteiger partial charge is 0.251 e. The second kappa shape index (κ2) is 8.75. The molecule has 150 valence electrons. The van der Waals surface area contributed by atoms with E-state index in [1.165, 1.54) is 17.0 Å². The zero-order valence-electron chi connectivity index (χ0n) is 16.1. The Balaban J connectivity index is 2.19. The molecule has 0 aliphatic rings. The molecular weight excluding hydrogens is 400 g/mol. The fourth-order valence-corrected chi connectivity index (χ4v) is 3.35. The molecule has 0 aliphatic heterocycles. The highest BCUT2D eigenvalue weighted by molar-refractivity contribution is 7.90. The number of benzene rings is 2. The van der Waals surface area contributed by atoms with Gasteiger partial charge in [-0.25, -0.2) is 8.42 Å². The van der Waals surface area contributed by atoms with Gasteiger partial charge < -0.3 is 10.2 Å². The second-order valence-electron chi connectivity index (χ2n) is 6.87. The average Bonchev–Trinajstić information content (AvgIpc) is 2.64. The number of hydrogen-bond acceptors (Lipinski definition) is 4. The van der Waals surface area contributed by atoms with E-state index in [0.717, 1.165) is 6.26 Å². The van der Waals surface area contributed by atoms with Crippen LogP contribution in [0.3, 0.4) is 0 Å². The summed E-state index contributed by atoms with van der Waals surface area (Å²) in [6, 6.07) is 11.7. The van der Waals surface area contributed by atoms with Crippen LogP contribution in [-0.2, 0) is 14.6 Å². The van der Waals surface area contributed by atoms with Crippen LogP contribution in [0.15, 0.2) is 53.4 Å². The zero-order chi connectivity index (χ0) is 21.1. The maximum absolute atomic E-state index is 13.0. The third-order valence-corrected chi connectivity index (χ3v) is 5.69. The normalized spacial score (nSPS) is 12.5. The molecule has 6 nitrogen and oxygen atoms in total. The van der Waals surface area contributed by atoms with E-state index in [-0.39, 0.29) is 22.6 Å². The summed E-state index contributed by atoms with van der Waals surface area (Å²) in [5, 5.41) is 3.29. The summed E-state index contributed by atoms with van der Waals surface area (Å²) in [6.07, 6.45) is 1.12. The molecule has 0 saturated carbocycles. The van der Waals surface area contributed by atoms with Gasteiger partial charge in [0.2, 0.25) is 5.91 Å². The van der Waals surface area contributed by atoms with Crippen molar-refractivity contribution in [3.05, 3.63) is 59.1 Å². The van der Waals surface area contributed by atoms with Gasteiger partial charge in [-0.05, 0) is 54.4 Å². The molecule has 8 heteroatoms. The number of anilines is 1. The number of carbonyl (C=O) groups is 2. The van der Waals surface area contributed by atoms with Gasteiger partial charge in [0.15, 0.2) is 9.84 Å². The fraction of sp³-hybridized carbons (Fsp3) is 0.300. The minimum Gasteiger partial charge on any atom is -0.340 e. The number of halogens is 1. The Morgan fingerprint density at radius 3 is 2.00 bits per heavy atom. The van der Waals surface area contributed by atoms with Crippen LogP contribution in [0.25, 0.3) is 0 Å². The van der Waals surface area contributed by atoms with Crippen molar-refractivity contribution < 1.29 is 18.0 Å². The summed E-state index contributed by atoms with van der Waals surface area (Å²) in [5.74, 6) is -0.824. The van der Waals surface area contributed by atoms with Gasteiger partial charge >= 0.3 is 0 Å². The van der Waals surface area contributed by atoms with E-state index < -0.39 is 15.9 Å². The van der Waals surface area contributed by atoms with Crippen molar-refractivity contribution in [3.63, 3.8) is 0 Å². The Kier molecular flexibility index (Phi) is 6.85. The maximum atomic E-state index is 13.0. The molecule has 1 atom stereocenters. The van der Waals surface area contributed by atoms with Crippen molar-refractivity contribution in [2.75, 3.05) is 18.2 Å². The van der Waals surface area contributed by atoms with Crippen LogP contribution in [0.4, 0.5) is 5.69 Å². The second-order valence-corrected chi connectivity index (χ2v) is 9.32. The SMILES string of the molecule is CC(C)C(NC(=O)c1ccc(Cl)cc1)C(=O)N(C)c1ccc(S(C)(=O)=O)cc1. The standard InChI is InChI=1S/C20H23ClN2O4S/c1-13(2)18(22-19(24)14-5-7-15(21)8-6-14)20(25)23(3)16-9-11-17(12-10-16)28(4,26)27/h5-13,18H,1-4H3,(H,22,24). The molecule has 0 aromatic heterocycles. The third kappa shape index (κ3) is 5.33. The minimum atomic E-state index is -3.31. The lowest BCUT2D eigenvalue weighted by atomic mass is 10.0. The lowest BCUT2D eigenvalue weighted by Crippen LogP contribution is -2.50. The van der Waals surface area contributed by atoms with E-state index in [9.17, 15) is 18.0 Å². The minimum absolute atomic E-state index is 0.151. The Labute approximate surface area is 170 Å². The molecule has 0 aliphatic carbocycles. The van der Waals surface area contributed by atoms with Gasteiger partial charge in [0.05, 0.1) is 4.90 Å². The van der Waals surface area contributed by atoms with Crippen LogP contribution >= 0.6 is 11.6 Å². The lowest BCUT2D eigenvalue weighted by molar-refractivity contribution is -0.121. The van der Waals surface area contributed by atoms with Crippen LogP contribution in [0.1, 0.15) is 24.2 Å². The topological polar surface area (TPSA) is 83.6 Å². The highest BCUT2D eigenvalue weighted by Gasteiger charge is 2.28. The van der Waals surface area contributed by atoms with Crippen molar-refractivity contribution in [2.45, 2.75) is 24.8 Å². The molecule has 0 heterocycles. The summed E-state index contributed by atoms with van der Waals surface area (Å²) in [4.78, 5) is 27.0. The van der Waals surface area contributed by atoms with Crippen molar-refractivity contribution in [1.29, 1.82) is 0 Å². The summed E-state index contributed by atoms with van der Waals surface area (Å²) >= 11 is 5.84. The molecule has 2 aromatic carbocycles. The fourth-order valence-electron chi connectivity index (χ4n) is 2.59. The van der Waals surface area contributed by atoms with E-state index >= 15 is 0 Å². The van der Waals surface area contributed by atoms with E-state index in [2.05, 4.69) is 5.32 Å². The first-order chi connectivity index (χ1) is 13.0. The molecule has 2 rings (SSSR count). The summed E-state index contributed by atoms with van der Waals surface area (Å²) in [6.45, 7) is 3.68. The molecule has 2 amide bonds. The molecule has 0 fully saturated rings. The van der Waals surface area contributed by atoms with Crippen LogP contribution in [0, 0.1) is 5.92 Å². The molecule has 1 N–H and O–H groups in total. The number of amides is 2. The number of nitrogens with zero attached hydrogens (tertiary/aromatic N) is 1.